The molecular weight excluding hydrogens is 801 g/mol. The molecule has 0 bridgehead atoms. The quantitative estimate of drug-likeness (QED) is 0.130. The van der Waals surface area contributed by atoms with Crippen molar-refractivity contribution in [3.05, 3.63) is 79.4 Å². The summed E-state index contributed by atoms with van der Waals surface area (Å²) in [6.45, 7) is 37.5. The highest BCUT2D eigenvalue weighted by atomic mass is 16.5. The lowest BCUT2D eigenvalue weighted by Gasteiger charge is -2.11. The van der Waals surface area contributed by atoms with Gasteiger partial charge in [-0.15, -0.1) is 0 Å². The second-order valence-corrected chi connectivity index (χ2v) is 18.5. The van der Waals surface area contributed by atoms with Crippen molar-refractivity contribution >= 4 is 66.6 Å². The van der Waals surface area contributed by atoms with Crippen molar-refractivity contribution in [3.8, 4) is 0 Å². The predicted molar refractivity (Wildman–Crippen MR) is 266 cm³/mol. The first-order valence-corrected chi connectivity index (χ1v) is 22.2. The topological polar surface area (TPSA) is 218 Å². The first-order valence-electron chi connectivity index (χ1n) is 22.2. The van der Waals surface area contributed by atoms with Crippen LogP contribution in [0.4, 0.5) is 23.3 Å². The molecule has 8 aromatic heterocycles. The Morgan fingerprint density at radius 2 is 0.859 bits per heavy atom. The maximum absolute atomic E-state index is 6.08. The maximum Gasteiger partial charge on any atom is 0.156 e. The smallest absolute Gasteiger partial charge is 0.156 e. The molecule has 14 nitrogen and oxygen atoms in total. The van der Waals surface area contributed by atoms with Crippen LogP contribution < -0.4 is 22.9 Å². The van der Waals surface area contributed by atoms with Gasteiger partial charge in [-0.05, 0) is 103 Å². The third-order valence-corrected chi connectivity index (χ3v) is 12.6. The van der Waals surface area contributed by atoms with Crippen LogP contribution in [0.3, 0.4) is 0 Å². The molecule has 8 aromatic rings. The zero-order valence-corrected chi connectivity index (χ0v) is 42.0. The molecule has 8 N–H and O–H groups in total. The predicted octanol–water partition coefficient (Wildman–Crippen LogP) is 11.5. The highest BCUT2D eigenvalue weighted by molar-refractivity contribution is 5.99. The zero-order chi connectivity index (χ0) is 48.1. The molecule has 0 aliphatic rings. The van der Waals surface area contributed by atoms with E-state index < -0.39 is 0 Å². The summed E-state index contributed by atoms with van der Waals surface area (Å²) in [4.78, 5) is 17.3. The van der Waals surface area contributed by atoms with E-state index in [1.165, 1.54) is 44.5 Å². The average molecular weight is 873 g/mol. The van der Waals surface area contributed by atoms with E-state index >= 15 is 0 Å². The Hall–Kier alpha value is -6.18. The highest BCUT2D eigenvalue weighted by Crippen LogP contribution is 2.38. The first-order chi connectivity index (χ1) is 29.7. The third-order valence-electron chi connectivity index (χ3n) is 12.6. The molecule has 64 heavy (non-hydrogen) atoms. The Kier molecular flexibility index (Phi) is 14.1. The number of nitrogens with two attached hydrogens (primary N) is 4. The van der Waals surface area contributed by atoms with Crippen molar-refractivity contribution in [2.45, 2.75) is 148 Å². The fourth-order valence-corrected chi connectivity index (χ4v) is 8.83. The standard InChI is InChI=1S/C14H21N3.C13H18N2O.C12H18N4.C11H15N3O/c1-7(2)13-11-8(3)9(4)16-14(15)12(11)10(5)17(13)6;1-6(2)12-10-7(3)8(4)15-13(14)11(10)9(5)16-12;1-6(2)11-9-7(3)8(4)14-12(13)10(9)15-16(11)5;1-5(2)10-8-6(3)7(4)13-11(12)9(8)14-15-10/h7H,1-6H3,(H2,15,16);6H,1-5H3,(H2,14,15);6H,1-5H3,(H2,13,14);5H,1-4H3,(H2,12,13). The van der Waals surface area contributed by atoms with Gasteiger partial charge in [-0.3, -0.25) is 4.68 Å². The largest absolute Gasteiger partial charge is 0.465 e. The van der Waals surface area contributed by atoms with Crippen LogP contribution in [0.15, 0.2) is 8.94 Å². The Morgan fingerprint density at radius 1 is 0.438 bits per heavy atom. The van der Waals surface area contributed by atoms with E-state index in [9.17, 15) is 0 Å². The van der Waals surface area contributed by atoms with E-state index in [1.54, 1.807) is 0 Å². The second kappa shape index (κ2) is 18.5. The lowest BCUT2D eigenvalue weighted by molar-refractivity contribution is 0.378. The number of aromatic nitrogens is 8. The Morgan fingerprint density at radius 3 is 1.34 bits per heavy atom. The third kappa shape index (κ3) is 8.70. The average Bonchev–Trinajstić information content (AvgIpc) is 3.97. The van der Waals surface area contributed by atoms with E-state index in [4.69, 9.17) is 31.9 Å². The number of rotatable bonds is 4. The molecule has 0 spiro atoms. The minimum atomic E-state index is 0.301. The SMILES string of the molecule is Cc1nc(N)c2c(C)n(C)c(C(C)C)c2c1C.Cc1nc(N)c2c(C)oc(C(C)C)c2c1C.Cc1nc(N)c2nn(C)c(C(C)C)c2c1C.Cc1nc(N)c2noc(C(C)C)c2c1C. The molecule has 14 heteroatoms. The van der Waals surface area contributed by atoms with Gasteiger partial charge < -0.3 is 36.4 Å². The summed E-state index contributed by atoms with van der Waals surface area (Å²) in [5.74, 6) is 6.55. The van der Waals surface area contributed by atoms with Gasteiger partial charge in [0.05, 0.1) is 10.8 Å². The highest BCUT2D eigenvalue weighted by Gasteiger charge is 2.23. The summed E-state index contributed by atoms with van der Waals surface area (Å²) in [6.07, 6.45) is 0. The molecule has 0 radical (unpaired) electrons. The molecule has 0 amide bonds. The number of fused-ring (bicyclic) bond motifs is 4. The van der Waals surface area contributed by atoms with Gasteiger partial charge in [-0.1, -0.05) is 60.5 Å². The van der Waals surface area contributed by atoms with Crippen LogP contribution in [0.2, 0.25) is 0 Å². The molecule has 0 unspecified atom stereocenters. The number of aryl methyl sites for hydroxylation is 11. The van der Waals surface area contributed by atoms with Crippen LogP contribution >= 0.6 is 0 Å². The minimum absolute atomic E-state index is 0.301. The zero-order valence-electron chi connectivity index (χ0n) is 42.0. The molecule has 0 saturated heterocycles. The summed E-state index contributed by atoms with van der Waals surface area (Å²) in [7, 11) is 4.07. The van der Waals surface area contributed by atoms with Gasteiger partial charge in [-0.25, -0.2) is 19.9 Å². The van der Waals surface area contributed by atoms with Crippen LogP contribution in [0.5, 0.6) is 0 Å². The monoisotopic (exact) mass is 873 g/mol. The van der Waals surface area contributed by atoms with Crippen LogP contribution in [-0.2, 0) is 14.1 Å². The number of hydrogen-bond acceptors (Lipinski definition) is 12. The molecular formula is C50H72N12O2. The van der Waals surface area contributed by atoms with Gasteiger partial charge in [-0.2, -0.15) is 5.10 Å². The molecule has 0 aliphatic carbocycles. The number of hydrogen-bond donors (Lipinski definition) is 4. The fraction of sp³-hybridized carbons (Fsp3) is 0.480. The van der Waals surface area contributed by atoms with Crippen LogP contribution in [0.25, 0.3) is 43.4 Å². The molecule has 0 fully saturated rings. The van der Waals surface area contributed by atoms with Crippen molar-refractivity contribution in [2.24, 2.45) is 14.1 Å². The molecule has 0 aliphatic heterocycles. The van der Waals surface area contributed by atoms with Crippen molar-refractivity contribution in [3.63, 3.8) is 0 Å². The molecule has 0 saturated carbocycles. The summed E-state index contributed by atoms with van der Waals surface area (Å²) < 4.78 is 15.3. The van der Waals surface area contributed by atoms with E-state index in [1.807, 2.05) is 53.3 Å². The van der Waals surface area contributed by atoms with E-state index in [0.29, 0.717) is 52.5 Å². The van der Waals surface area contributed by atoms with Crippen molar-refractivity contribution < 1.29 is 8.94 Å². The molecule has 344 valence electrons. The number of anilines is 4. The lowest BCUT2D eigenvalue weighted by atomic mass is 10.0. The van der Waals surface area contributed by atoms with Gasteiger partial charge in [0.15, 0.2) is 17.2 Å². The van der Waals surface area contributed by atoms with Crippen LogP contribution in [0, 0.1) is 69.2 Å². The number of furan rings is 1. The number of nitrogens with zero attached hydrogens (tertiary/aromatic N) is 8. The molecule has 0 atom stereocenters. The normalized spacial score (nSPS) is 11.6. The fourth-order valence-electron chi connectivity index (χ4n) is 8.83. The number of nitrogen functional groups attached to an aromatic ring is 4. The molecule has 0 aromatic carbocycles. The maximum atomic E-state index is 6.08. The van der Waals surface area contributed by atoms with Gasteiger partial charge in [0.2, 0.25) is 0 Å². The summed E-state index contributed by atoms with van der Waals surface area (Å²) >= 11 is 0. The van der Waals surface area contributed by atoms with Crippen LogP contribution in [-0.4, -0.2) is 39.4 Å². The van der Waals surface area contributed by atoms with Gasteiger partial charge >= 0.3 is 0 Å². The van der Waals surface area contributed by atoms with Crippen molar-refractivity contribution in [1.29, 1.82) is 0 Å². The van der Waals surface area contributed by atoms with Gasteiger partial charge in [0.25, 0.3) is 0 Å². The van der Waals surface area contributed by atoms with E-state index in [-0.39, 0.29) is 0 Å². The van der Waals surface area contributed by atoms with Gasteiger partial charge in [0, 0.05) is 87.3 Å². The van der Waals surface area contributed by atoms with Crippen LogP contribution in [0.1, 0.15) is 158 Å². The Bertz CT molecular complexity index is 3010. The summed E-state index contributed by atoms with van der Waals surface area (Å²) in [6, 6.07) is 0. The molecule has 8 heterocycles. The number of pyridine rings is 4. The first kappa shape index (κ1) is 48.8. The Labute approximate surface area is 378 Å². The van der Waals surface area contributed by atoms with Crippen molar-refractivity contribution in [1.82, 2.24) is 39.4 Å². The molecule has 8 rings (SSSR count). The summed E-state index contributed by atoms with van der Waals surface area (Å²) in [5.41, 5.74) is 37.7. The van der Waals surface area contributed by atoms with E-state index in [2.05, 4.69) is 125 Å². The van der Waals surface area contributed by atoms with E-state index in [0.717, 1.165) is 72.7 Å². The Balaban J connectivity index is 0.000000161. The summed E-state index contributed by atoms with van der Waals surface area (Å²) in [5, 5.41) is 15.2. The second-order valence-electron chi connectivity index (χ2n) is 18.5. The lowest BCUT2D eigenvalue weighted by Crippen LogP contribution is -2.00. The van der Waals surface area contributed by atoms with Gasteiger partial charge in [0.1, 0.15) is 34.4 Å². The van der Waals surface area contributed by atoms with Crippen molar-refractivity contribution in [2.75, 3.05) is 22.9 Å². The minimum Gasteiger partial charge on any atom is -0.465 e.